The van der Waals surface area contributed by atoms with Gasteiger partial charge in [0.05, 0.1) is 0 Å². The smallest absolute Gasteiger partial charge is 0.220 e. The Morgan fingerprint density at radius 2 is 2.14 bits per heavy atom. The van der Waals surface area contributed by atoms with E-state index in [9.17, 15) is 4.79 Å². The molecule has 0 saturated heterocycles. The lowest BCUT2D eigenvalue weighted by Gasteiger charge is -2.21. The minimum atomic E-state index is -0.272. The van der Waals surface area contributed by atoms with Gasteiger partial charge in [0.2, 0.25) is 5.91 Å². The number of aliphatic hydroxyl groups excluding tert-OH is 1. The molecular formula is C17H23ClN2O2. The van der Waals surface area contributed by atoms with Crippen molar-refractivity contribution >= 4 is 28.4 Å². The minimum Gasteiger partial charge on any atom is -0.396 e. The molecule has 0 saturated carbocycles. The lowest BCUT2D eigenvalue weighted by Crippen LogP contribution is -2.36. The molecule has 0 unspecified atom stereocenters. The van der Waals surface area contributed by atoms with Crippen LogP contribution >= 0.6 is 11.6 Å². The van der Waals surface area contributed by atoms with Gasteiger partial charge in [-0.1, -0.05) is 25.4 Å². The Labute approximate surface area is 136 Å². The van der Waals surface area contributed by atoms with Crippen molar-refractivity contribution < 1.29 is 9.90 Å². The number of aryl methyl sites for hydroxylation is 1. The second-order valence-electron chi connectivity index (χ2n) is 6.41. The molecule has 0 aliphatic rings. The number of halogens is 1. The molecule has 0 radical (unpaired) electrons. The van der Waals surface area contributed by atoms with Crippen molar-refractivity contribution in [1.29, 1.82) is 0 Å². The molecule has 2 N–H and O–H groups in total. The highest BCUT2D eigenvalue weighted by Crippen LogP contribution is 2.20. The maximum Gasteiger partial charge on any atom is 0.220 e. The van der Waals surface area contributed by atoms with Gasteiger partial charge in [-0.3, -0.25) is 4.79 Å². The van der Waals surface area contributed by atoms with Crippen LogP contribution in [0.25, 0.3) is 10.9 Å². The quantitative estimate of drug-likeness (QED) is 0.822. The second-order valence-corrected chi connectivity index (χ2v) is 6.85. The molecule has 2 aromatic rings. The maximum absolute atomic E-state index is 11.8. The van der Waals surface area contributed by atoms with Crippen LogP contribution in [0.1, 0.15) is 26.7 Å². The fourth-order valence-electron chi connectivity index (χ4n) is 2.26. The standard InChI is InChI=1S/C17H23ClN2O2/c1-17(2,12-21)11-19-16(22)4-3-8-20-9-7-13-10-14(18)5-6-15(13)20/h5-7,9-10,21H,3-4,8,11-12H2,1-2H3,(H,19,22). The summed E-state index contributed by atoms with van der Waals surface area (Å²) in [6.45, 7) is 5.19. The van der Waals surface area contributed by atoms with Crippen molar-refractivity contribution in [3.05, 3.63) is 35.5 Å². The van der Waals surface area contributed by atoms with Crippen molar-refractivity contribution in [1.82, 2.24) is 9.88 Å². The first kappa shape index (κ1) is 16.8. The van der Waals surface area contributed by atoms with Gasteiger partial charge in [0.15, 0.2) is 0 Å². The summed E-state index contributed by atoms with van der Waals surface area (Å²) in [5.74, 6) is 0.0287. The lowest BCUT2D eigenvalue weighted by molar-refractivity contribution is -0.121. The molecule has 0 aliphatic heterocycles. The Hall–Kier alpha value is -1.52. The summed E-state index contributed by atoms with van der Waals surface area (Å²) in [7, 11) is 0. The molecule has 4 nitrogen and oxygen atoms in total. The van der Waals surface area contributed by atoms with Crippen LogP contribution in [-0.2, 0) is 11.3 Å². The van der Waals surface area contributed by atoms with Crippen molar-refractivity contribution in [3.63, 3.8) is 0 Å². The Bertz CT molecular complexity index is 649. The van der Waals surface area contributed by atoms with Crippen LogP contribution in [0.5, 0.6) is 0 Å². The van der Waals surface area contributed by atoms with Gasteiger partial charge in [0.25, 0.3) is 0 Å². The number of hydrogen-bond acceptors (Lipinski definition) is 2. The predicted octanol–water partition coefficient (Wildman–Crippen LogP) is 3.21. The van der Waals surface area contributed by atoms with Gasteiger partial charge in [0.1, 0.15) is 0 Å². The molecule has 1 aromatic carbocycles. The van der Waals surface area contributed by atoms with E-state index < -0.39 is 0 Å². The number of benzene rings is 1. The molecule has 0 atom stereocenters. The zero-order valence-corrected chi connectivity index (χ0v) is 13.9. The van der Waals surface area contributed by atoms with Crippen LogP contribution in [0.4, 0.5) is 0 Å². The zero-order valence-electron chi connectivity index (χ0n) is 13.1. The molecular weight excluding hydrogens is 300 g/mol. The van der Waals surface area contributed by atoms with Gasteiger partial charge in [-0.05, 0) is 30.7 Å². The van der Waals surface area contributed by atoms with E-state index in [2.05, 4.69) is 9.88 Å². The summed E-state index contributed by atoms with van der Waals surface area (Å²) < 4.78 is 2.14. The SMILES string of the molecule is CC(C)(CO)CNC(=O)CCCn1ccc2cc(Cl)ccc21. The Morgan fingerprint density at radius 3 is 2.86 bits per heavy atom. The summed E-state index contributed by atoms with van der Waals surface area (Å²) in [5, 5.41) is 13.9. The van der Waals surface area contributed by atoms with Crippen LogP contribution in [0.2, 0.25) is 5.02 Å². The van der Waals surface area contributed by atoms with E-state index in [1.807, 2.05) is 44.3 Å². The molecule has 2 rings (SSSR count). The number of nitrogens with one attached hydrogen (secondary N) is 1. The molecule has 0 bridgehead atoms. The summed E-state index contributed by atoms with van der Waals surface area (Å²) in [4.78, 5) is 11.8. The van der Waals surface area contributed by atoms with E-state index in [4.69, 9.17) is 16.7 Å². The number of fused-ring (bicyclic) bond motifs is 1. The van der Waals surface area contributed by atoms with E-state index in [1.165, 1.54) is 0 Å². The summed E-state index contributed by atoms with van der Waals surface area (Å²) >= 11 is 5.98. The third-order valence-electron chi connectivity index (χ3n) is 3.73. The highest BCUT2D eigenvalue weighted by molar-refractivity contribution is 6.31. The number of carbonyl (C=O) groups is 1. The second kappa shape index (κ2) is 7.16. The number of aromatic nitrogens is 1. The average Bonchev–Trinajstić information content (AvgIpc) is 2.87. The van der Waals surface area contributed by atoms with Crippen molar-refractivity contribution in [2.45, 2.75) is 33.2 Å². The highest BCUT2D eigenvalue weighted by atomic mass is 35.5. The molecule has 0 fully saturated rings. The number of rotatable bonds is 7. The number of aliphatic hydroxyl groups is 1. The molecule has 22 heavy (non-hydrogen) atoms. The van der Waals surface area contributed by atoms with E-state index in [1.54, 1.807) is 0 Å². The highest BCUT2D eigenvalue weighted by Gasteiger charge is 2.17. The van der Waals surface area contributed by atoms with Crippen LogP contribution < -0.4 is 5.32 Å². The molecule has 1 amide bonds. The average molecular weight is 323 g/mol. The zero-order chi connectivity index (χ0) is 16.2. The number of hydrogen-bond donors (Lipinski definition) is 2. The summed E-state index contributed by atoms with van der Waals surface area (Å²) in [6, 6.07) is 7.85. The third kappa shape index (κ3) is 4.49. The Morgan fingerprint density at radius 1 is 1.36 bits per heavy atom. The van der Waals surface area contributed by atoms with Gasteiger partial charge in [0, 0.05) is 53.7 Å². The molecule has 1 heterocycles. The molecule has 0 spiro atoms. The molecule has 120 valence electrons. The largest absolute Gasteiger partial charge is 0.396 e. The van der Waals surface area contributed by atoms with Crippen molar-refractivity contribution in [3.8, 4) is 0 Å². The Balaban J connectivity index is 1.81. The molecule has 5 heteroatoms. The van der Waals surface area contributed by atoms with E-state index in [-0.39, 0.29) is 17.9 Å². The van der Waals surface area contributed by atoms with Gasteiger partial charge >= 0.3 is 0 Å². The topological polar surface area (TPSA) is 54.3 Å². The molecule has 1 aromatic heterocycles. The normalized spacial score (nSPS) is 11.8. The van der Waals surface area contributed by atoms with Crippen LogP contribution in [-0.4, -0.2) is 28.7 Å². The number of nitrogens with zero attached hydrogens (tertiary/aromatic N) is 1. The fourth-order valence-corrected chi connectivity index (χ4v) is 2.44. The first-order valence-corrected chi connectivity index (χ1v) is 7.91. The first-order chi connectivity index (χ1) is 10.4. The number of carbonyl (C=O) groups excluding carboxylic acids is 1. The predicted molar refractivity (Wildman–Crippen MR) is 90.1 cm³/mol. The third-order valence-corrected chi connectivity index (χ3v) is 3.96. The van der Waals surface area contributed by atoms with Crippen molar-refractivity contribution in [2.75, 3.05) is 13.2 Å². The maximum atomic E-state index is 11.8. The summed E-state index contributed by atoms with van der Waals surface area (Å²) in [5.41, 5.74) is 0.858. The van der Waals surface area contributed by atoms with Gasteiger partial charge < -0.3 is 15.0 Å². The van der Waals surface area contributed by atoms with Gasteiger partial charge in [-0.15, -0.1) is 0 Å². The first-order valence-electron chi connectivity index (χ1n) is 7.53. The van der Waals surface area contributed by atoms with E-state index >= 15 is 0 Å². The van der Waals surface area contributed by atoms with Gasteiger partial charge in [-0.25, -0.2) is 0 Å². The summed E-state index contributed by atoms with van der Waals surface area (Å²) in [6.07, 6.45) is 3.28. The molecule has 0 aliphatic carbocycles. The fraction of sp³-hybridized carbons (Fsp3) is 0.471. The number of amides is 1. The Kier molecular flexibility index (Phi) is 5.48. The van der Waals surface area contributed by atoms with Crippen LogP contribution in [0.3, 0.4) is 0 Å². The van der Waals surface area contributed by atoms with Crippen LogP contribution in [0, 0.1) is 5.41 Å². The van der Waals surface area contributed by atoms with E-state index in [0.717, 1.165) is 28.9 Å². The van der Waals surface area contributed by atoms with Crippen LogP contribution in [0.15, 0.2) is 30.5 Å². The van der Waals surface area contributed by atoms with E-state index in [0.29, 0.717) is 13.0 Å². The van der Waals surface area contributed by atoms with Gasteiger partial charge in [-0.2, -0.15) is 0 Å². The van der Waals surface area contributed by atoms with Crippen molar-refractivity contribution in [2.24, 2.45) is 5.41 Å². The lowest BCUT2D eigenvalue weighted by atomic mass is 9.95. The monoisotopic (exact) mass is 322 g/mol. The minimum absolute atomic E-state index is 0.0287.